The Labute approximate surface area is 220 Å². The lowest BCUT2D eigenvalue weighted by molar-refractivity contribution is -0.137. The zero-order valence-corrected chi connectivity index (χ0v) is 21.5. The number of alkyl halides is 3. The molecule has 1 fully saturated rings. The van der Waals surface area contributed by atoms with Crippen LogP contribution in [-0.4, -0.2) is 64.1 Å². The Kier molecular flexibility index (Phi) is 8.51. The monoisotopic (exact) mass is 527 g/mol. The molecule has 38 heavy (non-hydrogen) atoms. The number of halogens is 3. The Morgan fingerprint density at radius 3 is 2.34 bits per heavy atom. The molecule has 0 spiro atoms. The number of amides is 2. The van der Waals surface area contributed by atoms with Gasteiger partial charge in [0.2, 0.25) is 5.91 Å². The highest BCUT2D eigenvalue weighted by Crippen LogP contribution is 2.29. The number of hydrogen-bond donors (Lipinski definition) is 1. The largest absolute Gasteiger partial charge is 0.416 e. The molecule has 1 saturated heterocycles. The summed E-state index contributed by atoms with van der Waals surface area (Å²) in [5.74, 6) is -0.135. The Balaban J connectivity index is 1.28. The van der Waals surface area contributed by atoms with Crippen LogP contribution in [-0.2, 0) is 23.9 Å². The Hall–Kier alpha value is -3.66. The SMILES string of the molecule is CC(C)Cc1cc(CNC(=O)CN2CCN(C(=O)c3cccc(C(F)(F)F)c3)CC2)nn1-c1ccccc1. The van der Waals surface area contributed by atoms with E-state index in [0.717, 1.165) is 35.6 Å². The first-order chi connectivity index (χ1) is 18.1. The molecule has 0 bridgehead atoms. The maximum Gasteiger partial charge on any atom is 0.416 e. The normalized spacial score (nSPS) is 14.6. The van der Waals surface area contributed by atoms with Gasteiger partial charge in [0.15, 0.2) is 0 Å². The molecule has 3 aromatic rings. The van der Waals surface area contributed by atoms with E-state index in [0.29, 0.717) is 38.6 Å². The minimum absolute atomic E-state index is 0.0118. The molecule has 2 aromatic carbocycles. The smallest absolute Gasteiger partial charge is 0.349 e. The first kappa shape index (κ1) is 27.4. The second-order valence-corrected chi connectivity index (χ2v) is 9.90. The first-order valence-electron chi connectivity index (χ1n) is 12.7. The predicted molar refractivity (Wildman–Crippen MR) is 138 cm³/mol. The minimum Gasteiger partial charge on any atom is -0.349 e. The Bertz CT molecular complexity index is 1250. The quantitative estimate of drug-likeness (QED) is 0.478. The average molecular weight is 528 g/mol. The summed E-state index contributed by atoms with van der Waals surface area (Å²) < 4.78 is 40.9. The Morgan fingerprint density at radius 1 is 0.974 bits per heavy atom. The maximum atomic E-state index is 13.0. The molecule has 0 aliphatic carbocycles. The van der Waals surface area contributed by atoms with E-state index in [1.165, 1.54) is 17.0 Å². The van der Waals surface area contributed by atoms with Crippen molar-refractivity contribution in [2.75, 3.05) is 32.7 Å². The lowest BCUT2D eigenvalue weighted by Gasteiger charge is -2.34. The van der Waals surface area contributed by atoms with Gasteiger partial charge in [-0.3, -0.25) is 14.5 Å². The molecule has 2 heterocycles. The second kappa shape index (κ2) is 11.8. The number of nitrogens with zero attached hydrogens (tertiary/aromatic N) is 4. The van der Waals surface area contributed by atoms with Crippen molar-refractivity contribution in [3.63, 3.8) is 0 Å². The zero-order valence-electron chi connectivity index (χ0n) is 21.5. The number of piperazine rings is 1. The number of benzene rings is 2. The number of rotatable bonds is 8. The highest BCUT2D eigenvalue weighted by Gasteiger charge is 2.32. The molecule has 1 aliphatic heterocycles. The molecule has 0 atom stereocenters. The van der Waals surface area contributed by atoms with Crippen LogP contribution in [0.5, 0.6) is 0 Å². The van der Waals surface area contributed by atoms with Gasteiger partial charge in [-0.05, 0) is 48.7 Å². The van der Waals surface area contributed by atoms with E-state index in [2.05, 4.69) is 19.2 Å². The third-order valence-corrected chi connectivity index (χ3v) is 6.38. The van der Waals surface area contributed by atoms with Crippen molar-refractivity contribution in [2.45, 2.75) is 33.0 Å². The van der Waals surface area contributed by atoms with E-state index < -0.39 is 17.6 Å². The number of aromatic nitrogens is 2. The molecule has 0 unspecified atom stereocenters. The molecule has 10 heteroatoms. The van der Waals surface area contributed by atoms with Crippen molar-refractivity contribution in [3.8, 4) is 5.69 Å². The lowest BCUT2D eigenvalue weighted by atomic mass is 10.1. The fourth-order valence-corrected chi connectivity index (χ4v) is 4.49. The topological polar surface area (TPSA) is 70.5 Å². The van der Waals surface area contributed by atoms with E-state index in [9.17, 15) is 22.8 Å². The van der Waals surface area contributed by atoms with Gasteiger partial charge in [0, 0.05) is 37.4 Å². The van der Waals surface area contributed by atoms with Crippen LogP contribution in [0.15, 0.2) is 60.7 Å². The lowest BCUT2D eigenvalue weighted by Crippen LogP contribution is -2.51. The van der Waals surface area contributed by atoms with Crippen LogP contribution in [0.1, 0.15) is 41.2 Å². The van der Waals surface area contributed by atoms with Crippen molar-refractivity contribution in [2.24, 2.45) is 5.92 Å². The van der Waals surface area contributed by atoms with Gasteiger partial charge in [-0.15, -0.1) is 0 Å². The predicted octanol–water partition coefficient (Wildman–Crippen LogP) is 4.16. The summed E-state index contributed by atoms with van der Waals surface area (Å²) in [5, 5.41) is 7.63. The van der Waals surface area contributed by atoms with Gasteiger partial charge in [0.25, 0.3) is 5.91 Å². The van der Waals surface area contributed by atoms with Crippen molar-refractivity contribution in [1.29, 1.82) is 0 Å². The van der Waals surface area contributed by atoms with Crippen molar-refractivity contribution in [1.82, 2.24) is 24.9 Å². The van der Waals surface area contributed by atoms with Crippen molar-refractivity contribution in [3.05, 3.63) is 83.2 Å². The highest BCUT2D eigenvalue weighted by molar-refractivity contribution is 5.94. The number of hydrogen-bond acceptors (Lipinski definition) is 4. The molecule has 1 N–H and O–H groups in total. The molecule has 202 valence electrons. The van der Waals surface area contributed by atoms with Crippen LogP contribution in [0.4, 0.5) is 13.2 Å². The van der Waals surface area contributed by atoms with Gasteiger partial charge >= 0.3 is 6.18 Å². The van der Waals surface area contributed by atoms with Gasteiger partial charge in [-0.2, -0.15) is 18.3 Å². The number of nitrogens with one attached hydrogen (secondary N) is 1. The summed E-state index contributed by atoms with van der Waals surface area (Å²) >= 11 is 0. The van der Waals surface area contributed by atoms with Crippen LogP contribution >= 0.6 is 0 Å². The second-order valence-electron chi connectivity index (χ2n) is 9.90. The fraction of sp³-hybridized carbons (Fsp3) is 0.393. The van der Waals surface area contributed by atoms with E-state index in [-0.39, 0.29) is 18.0 Å². The van der Waals surface area contributed by atoms with E-state index in [1.807, 2.05) is 46.0 Å². The van der Waals surface area contributed by atoms with Crippen LogP contribution in [0.2, 0.25) is 0 Å². The highest BCUT2D eigenvalue weighted by atomic mass is 19.4. The number of para-hydroxylation sites is 1. The number of carbonyl (C=O) groups excluding carboxylic acids is 2. The van der Waals surface area contributed by atoms with Crippen LogP contribution in [0.25, 0.3) is 5.69 Å². The van der Waals surface area contributed by atoms with Gasteiger partial charge in [0.1, 0.15) is 0 Å². The average Bonchev–Trinajstić information content (AvgIpc) is 3.29. The summed E-state index contributed by atoms with van der Waals surface area (Å²) in [4.78, 5) is 28.8. The molecule has 1 aromatic heterocycles. The first-order valence-corrected chi connectivity index (χ1v) is 12.7. The van der Waals surface area contributed by atoms with Gasteiger partial charge in [-0.1, -0.05) is 38.1 Å². The molecule has 7 nitrogen and oxygen atoms in total. The summed E-state index contributed by atoms with van der Waals surface area (Å²) in [6.07, 6.45) is -3.64. The van der Waals surface area contributed by atoms with Crippen LogP contribution in [0.3, 0.4) is 0 Å². The van der Waals surface area contributed by atoms with Crippen LogP contribution < -0.4 is 5.32 Å². The summed E-state index contributed by atoms with van der Waals surface area (Å²) in [7, 11) is 0. The molecular weight excluding hydrogens is 495 g/mol. The van der Waals surface area contributed by atoms with Gasteiger partial charge in [0.05, 0.1) is 30.0 Å². The fourth-order valence-electron chi connectivity index (χ4n) is 4.49. The van der Waals surface area contributed by atoms with Gasteiger partial charge < -0.3 is 10.2 Å². The summed E-state index contributed by atoms with van der Waals surface area (Å²) in [6, 6.07) is 16.4. The molecular formula is C28H32F3N5O2. The summed E-state index contributed by atoms with van der Waals surface area (Å²) in [5.41, 5.74) is 1.99. The van der Waals surface area contributed by atoms with Crippen LogP contribution in [0, 0.1) is 5.92 Å². The minimum atomic E-state index is -4.50. The number of carbonyl (C=O) groups is 2. The van der Waals surface area contributed by atoms with Gasteiger partial charge in [-0.25, -0.2) is 4.68 Å². The molecule has 0 saturated carbocycles. The Morgan fingerprint density at radius 2 is 1.68 bits per heavy atom. The van der Waals surface area contributed by atoms with E-state index >= 15 is 0 Å². The molecule has 0 radical (unpaired) electrons. The van der Waals surface area contributed by atoms with E-state index in [4.69, 9.17) is 5.10 Å². The van der Waals surface area contributed by atoms with Crippen molar-refractivity contribution < 1.29 is 22.8 Å². The summed E-state index contributed by atoms with van der Waals surface area (Å²) in [6.45, 7) is 6.36. The third-order valence-electron chi connectivity index (χ3n) is 6.38. The van der Waals surface area contributed by atoms with E-state index in [1.54, 1.807) is 0 Å². The zero-order chi connectivity index (χ0) is 27.3. The standard InChI is InChI=1S/C28H32F3N5O2/c1-20(2)15-25-17-23(33-36(25)24-9-4-3-5-10-24)18-32-26(37)19-34-11-13-35(14-12-34)27(38)21-7-6-8-22(16-21)28(29,30)31/h3-10,16-17,20H,11-15,18-19H2,1-2H3,(H,32,37). The molecule has 4 rings (SSSR count). The molecule has 2 amide bonds. The maximum absolute atomic E-state index is 13.0. The third kappa shape index (κ3) is 7.00. The molecule has 1 aliphatic rings. The van der Waals surface area contributed by atoms with Crippen molar-refractivity contribution >= 4 is 11.8 Å².